The van der Waals surface area contributed by atoms with E-state index >= 15 is 0 Å². The molecular formula is C14H19NO2. The van der Waals surface area contributed by atoms with Gasteiger partial charge in [-0.15, -0.1) is 0 Å². The van der Waals surface area contributed by atoms with E-state index in [1.807, 2.05) is 6.92 Å². The number of aliphatic carboxylic acids is 1. The van der Waals surface area contributed by atoms with Crippen LogP contribution in [0.15, 0.2) is 18.2 Å². The van der Waals surface area contributed by atoms with Crippen molar-refractivity contribution in [2.45, 2.75) is 26.2 Å². The summed E-state index contributed by atoms with van der Waals surface area (Å²) in [5, 5.41) is 12.5. The molecule has 1 aliphatic rings. The van der Waals surface area contributed by atoms with Crippen molar-refractivity contribution in [1.82, 2.24) is 5.32 Å². The van der Waals surface area contributed by atoms with Gasteiger partial charge in [-0.05, 0) is 19.4 Å². The van der Waals surface area contributed by atoms with Crippen LogP contribution in [0.1, 0.15) is 23.6 Å². The minimum absolute atomic E-state index is 0.303. The van der Waals surface area contributed by atoms with Gasteiger partial charge in [0.25, 0.3) is 0 Å². The maximum Gasteiger partial charge on any atom is 0.308 e. The van der Waals surface area contributed by atoms with E-state index in [0.29, 0.717) is 6.54 Å². The summed E-state index contributed by atoms with van der Waals surface area (Å²) < 4.78 is 0. The van der Waals surface area contributed by atoms with Gasteiger partial charge in [0.1, 0.15) is 0 Å². The molecule has 3 heteroatoms. The Morgan fingerprint density at radius 1 is 1.35 bits per heavy atom. The van der Waals surface area contributed by atoms with E-state index in [2.05, 4.69) is 37.4 Å². The monoisotopic (exact) mass is 233 g/mol. The molecule has 0 spiro atoms. The van der Waals surface area contributed by atoms with Crippen molar-refractivity contribution in [2.24, 2.45) is 5.92 Å². The third-order valence-electron chi connectivity index (χ3n) is 3.79. The molecule has 0 radical (unpaired) electrons. The lowest BCUT2D eigenvalue weighted by molar-refractivity contribution is -0.142. The van der Waals surface area contributed by atoms with Crippen LogP contribution in [0.3, 0.4) is 0 Å². The minimum Gasteiger partial charge on any atom is -0.481 e. The van der Waals surface area contributed by atoms with Gasteiger partial charge in [0.15, 0.2) is 0 Å². The standard InChI is InChI=1S/C14H19NO2/c1-9-4-10(2)6-11(5-9)14(3)8-15-7-12(14)13(16)17/h4-6,12,15H,7-8H2,1-3H3,(H,16,17). The smallest absolute Gasteiger partial charge is 0.308 e. The Morgan fingerprint density at radius 2 is 1.94 bits per heavy atom. The summed E-state index contributed by atoms with van der Waals surface area (Å²) in [4.78, 5) is 11.3. The van der Waals surface area contributed by atoms with Crippen LogP contribution < -0.4 is 5.32 Å². The molecule has 0 aromatic heterocycles. The highest BCUT2D eigenvalue weighted by Gasteiger charge is 2.44. The second kappa shape index (κ2) is 4.15. The minimum atomic E-state index is -0.711. The molecule has 2 rings (SSSR count). The van der Waals surface area contributed by atoms with E-state index < -0.39 is 5.97 Å². The molecule has 92 valence electrons. The predicted octanol–water partition coefficient (Wildman–Crippen LogP) is 1.87. The number of carbonyl (C=O) groups is 1. The molecule has 0 aliphatic carbocycles. The van der Waals surface area contributed by atoms with E-state index in [4.69, 9.17) is 0 Å². The first-order valence-electron chi connectivity index (χ1n) is 5.96. The topological polar surface area (TPSA) is 49.3 Å². The summed E-state index contributed by atoms with van der Waals surface area (Å²) in [5.41, 5.74) is 3.21. The molecule has 1 fully saturated rings. The second-order valence-electron chi connectivity index (χ2n) is 5.32. The number of hydrogen-bond donors (Lipinski definition) is 2. The summed E-state index contributed by atoms with van der Waals surface area (Å²) in [6.45, 7) is 7.43. The summed E-state index contributed by atoms with van der Waals surface area (Å²) in [6, 6.07) is 6.33. The van der Waals surface area contributed by atoms with Crippen molar-refractivity contribution in [3.63, 3.8) is 0 Å². The lowest BCUT2D eigenvalue weighted by atomic mass is 9.73. The van der Waals surface area contributed by atoms with Crippen LogP contribution in [0.2, 0.25) is 0 Å². The van der Waals surface area contributed by atoms with E-state index in [0.717, 1.165) is 12.1 Å². The number of aryl methyl sites for hydroxylation is 2. The number of nitrogens with one attached hydrogen (secondary N) is 1. The lowest BCUT2D eigenvalue weighted by Crippen LogP contribution is -2.36. The number of carboxylic acids is 1. The fourth-order valence-electron chi connectivity index (χ4n) is 2.79. The Kier molecular flexibility index (Phi) is 2.96. The summed E-state index contributed by atoms with van der Waals surface area (Å²) >= 11 is 0. The van der Waals surface area contributed by atoms with Gasteiger partial charge in [-0.2, -0.15) is 0 Å². The fraction of sp³-hybridized carbons (Fsp3) is 0.500. The second-order valence-corrected chi connectivity index (χ2v) is 5.32. The molecule has 1 heterocycles. The first-order valence-corrected chi connectivity index (χ1v) is 5.96. The number of carboxylic acid groups (broad SMARTS) is 1. The lowest BCUT2D eigenvalue weighted by Gasteiger charge is -2.29. The van der Waals surface area contributed by atoms with Crippen LogP contribution in [-0.4, -0.2) is 24.2 Å². The molecule has 1 aromatic carbocycles. The van der Waals surface area contributed by atoms with Crippen molar-refractivity contribution >= 4 is 5.97 Å². The Bertz CT molecular complexity index is 435. The van der Waals surface area contributed by atoms with Crippen LogP contribution in [0.5, 0.6) is 0 Å². The zero-order valence-corrected chi connectivity index (χ0v) is 10.6. The maximum absolute atomic E-state index is 11.3. The summed E-state index contributed by atoms with van der Waals surface area (Å²) in [6.07, 6.45) is 0. The van der Waals surface area contributed by atoms with Gasteiger partial charge in [-0.3, -0.25) is 4.79 Å². The highest BCUT2D eigenvalue weighted by atomic mass is 16.4. The van der Waals surface area contributed by atoms with Gasteiger partial charge < -0.3 is 10.4 Å². The van der Waals surface area contributed by atoms with E-state index in [1.54, 1.807) is 0 Å². The summed E-state index contributed by atoms with van der Waals surface area (Å²) in [7, 11) is 0. The zero-order valence-electron chi connectivity index (χ0n) is 10.6. The van der Waals surface area contributed by atoms with E-state index in [1.165, 1.54) is 11.1 Å². The van der Waals surface area contributed by atoms with Crippen molar-refractivity contribution in [2.75, 3.05) is 13.1 Å². The van der Waals surface area contributed by atoms with Crippen LogP contribution in [0.4, 0.5) is 0 Å². The number of rotatable bonds is 2. The molecule has 1 aromatic rings. The van der Waals surface area contributed by atoms with Crippen LogP contribution in [-0.2, 0) is 10.2 Å². The van der Waals surface area contributed by atoms with E-state index in [-0.39, 0.29) is 11.3 Å². The quantitative estimate of drug-likeness (QED) is 0.819. The van der Waals surface area contributed by atoms with Crippen LogP contribution in [0, 0.1) is 19.8 Å². The normalized spacial score (nSPS) is 28.3. The average molecular weight is 233 g/mol. The highest BCUT2D eigenvalue weighted by molar-refractivity contribution is 5.73. The molecule has 0 amide bonds. The van der Waals surface area contributed by atoms with Gasteiger partial charge in [0, 0.05) is 18.5 Å². The highest BCUT2D eigenvalue weighted by Crippen LogP contribution is 2.36. The van der Waals surface area contributed by atoms with Crippen molar-refractivity contribution in [1.29, 1.82) is 0 Å². The van der Waals surface area contributed by atoms with Gasteiger partial charge in [0.05, 0.1) is 5.92 Å². The molecule has 2 unspecified atom stereocenters. The van der Waals surface area contributed by atoms with Gasteiger partial charge in [-0.25, -0.2) is 0 Å². The first-order chi connectivity index (χ1) is 7.93. The molecule has 2 N–H and O–H groups in total. The molecule has 17 heavy (non-hydrogen) atoms. The van der Waals surface area contributed by atoms with Crippen molar-refractivity contribution < 1.29 is 9.90 Å². The number of hydrogen-bond acceptors (Lipinski definition) is 2. The molecule has 2 atom stereocenters. The SMILES string of the molecule is Cc1cc(C)cc(C2(C)CNCC2C(=O)O)c1. The average Bonchev–Trinajstić information content (AvgIpc) is 2.60. The maximum atomic E-state index is 11.3. The predicted molar refractivity (Wildman–Crippen MR) is 67.3 cm³/mol. The molecule has 0 bridgehead atoms. The largest absolute Gasteiger partial charge is 0.481 e. The Morgan fingerprint density at radius 3 is 2.47 bits per heavy atom. The number of benzene rings is 1. The Hall–Kier alpha value is -1.35. The molecule has 3 nitrogen and oxygen atoms in total. The van der Waals surface area contributed by atoms with Crippen LogP contribution >= 0.6 is 0 Å². The molecule has 0 saturated carbocycles. The third kappa shape index (κ3) is 2.07. The van der Waals surface area contributed by atoms with E-state index in [9.17, 15) is 9.90 Å². The molecular weight excluding hydrogens is 214 g/mol. The zero-order chi connectivity index (χ0) is 12.6. The van der Waals surface area contributed by atoms with Gasteiger partial charge in [-0.1, -0.05) is 36.2 Å². The molecule has 1 saturated heterocycles. The third-order valence-corrected chi connectivity index (χ3v) is 3.79. The Balaban J connectivity index is 2.46. The first kappa shape index (κ1) is 12.1. The fourth-order valence-corrected chi connectivity index (χ4v) is 2.79. The van der Waals surface area contributed by atoms with Gasteiger partial charge >= 0.3 is 5.97 Å². The van der Waals surface area contributed by atoms with Crippen molar-refractivity contribution in [3.8, 4) is 0 Å². The Labute approximate surface area is 102 Å². The summed E-state index contributed by atoms with van der Waals surface area (Å²) in [5.74, 6) is -1.06. The van der Waals surface area contributed by atoms with Gasteiger partial charge in [0.2, 0.25) is 0 Å². The van der Waals surface area contributed by atoms with Crippen molar-refractivity contribution in [3.05, 3.63) is 34.9 Å². The molecule has 1 aliphatic heterocycles. The van der Waals surface area contributed by atoms with Crippen LogP contribution in [0.25, 0.3) is 0 Å².